The molecule has 194 valence electrons. The zero-order valence-electron chi connectivity index (χ0n) is 21.3. The average molecular weight is 505 g/mol. The van der Waals surface area contributed by atoms with Gasteiger partial charge in [0.2, 0.25) is 0 Å². The van der Waals surface area contributed by atoms with Crippen molar-refractivity contribution in [2.24, 2.45) is 5.10 Å². The van der Waals surface area contributed by atoms with Crippen LogP contribution in [0.15, 0.2) is 48.1 Å². The van der Waals surface area contributed by atoms with Crippen LogP contribution < -0.4 is 20.3 Å². The van der Waals surface area contributed by atoms with E-state index in [1.165, 1.54) is 0 Å². The van der Waals surface area contributed by atoms with Gasteiger partial charge in [-0.3, -0.25) is 9.80 Å². The molecule has 1 saturated carbocycles. The van der Waals surface area contributed by atoms with Crippen molar-refractivity contribution in [3.8, 4) is 17.2 Å². The number of para-hydroxylation sites is 1. The molecule has 11 nitrogen and oxygen atoms in total. The second-order valence-corrected chi connectivity index (χ2v) is 9.90. The van der Waals surface area contributed by atoms with E-state index in [1.54, 1.807) is 23.7 Å². The van der Waals surface area contributed by atoms with Crippen molar-refractivity contribution in [1.29, 1.82) is 0 Å². The zero-order valence-corrected chi connectivity index (χ0v) is 21.3. The molecular weight excluding hydrogens is 472 g/mol. The molecule has 2 aliphatic heterocycles. The number of hydrazone groups is 1. The third kappa shape index (κ3) is 4.46. The molecule has 37 heavy (non-hydrogen) atoms. The Labute approximate surface area is 216 Å². The maximum Gasteiger partial charge on any atom is 0.274 e. The number of rotatable bonds is 6. The molecule has 0 bridgehead atoms. The molecule has 11 heteroatoms. The van der Waals surface area contributed by atoms with Gasteiger partial charge in [-0.2, -0.15) is 0 Å². The molecule has 3 aromatic rings. The fraction of sp³-hybridized carbons (Fsp3) is 0.385. The summed E-state index contributed by atoms with van der Waals surface area (Å²) in [6.45, 7) is 6.38. The topological polar surface area (TPSA) is 109 Å². The highest BCUT2D eigenvalue weighted by Gasteiger charge is 2.33. The Bertz CT molecular complexity index is 1390. The summed E-state index contributed by atoms with van der Waals surface area (Å²) < 4.78 is 14.0. The number of imidazole rings is 1. The van der Waals surface area contributed by atoms with Crippen LogP contribution in [0.4, 0.5) is 5.69 Å². The van der Waals surface area contributed by atoms with Gasteiger partial charge >= 0.3 is 0 Å². The lowest BCUT2D eigenvalue weighted by Gasteiger charge is -2.24. The number of carbonyl (C=O) groups is 1. The number of hydrogen-bond acceptors (Lipinski definition) is 9. The monoisotopic (exact) mass is 504 g/mol. The molecule has 2 N–H and O–H groups in total. The summed E-state index contributed by atoms with van der Waals surface area (Å²) in [5.74, 6) is 2.07. The number of nitrogens with one attached hydrogen (secondary N) is 2. The number of fused-ring (bicyclic) bond motifs is 3. The maximum atomic E-state index is 13.4. The van der Waals surface area contributed by atoms with E-state index in [1.807, 2.05) is 61.8 Å². The molecule has 1 atom stereocenters. The minimum Gasteiger partial charge on any atom is -0.488 e. The van der Waals surface area contributed by atoms with E-state index in [2.05, 4.69) is 25.9 Å². The fourth-order valence-corrected chi connectivity index (χ4v) is 4.50. The molecule has 1 aliphatic carbocycles. The molecule has 2 aromatic heterocycles. The summed E-state index contributed by atoms with van der Waals surface area (Å²) in [6.07, 6.45) is 7.65. The molecule has 1 fully saturated rings. The number of pyridine rings is 1. The summed E-state index contributed by atoms with van der Waals surface area (Å²) in [4.78, 5) is 22.4. The standard InChI is InChI=1S/C26H30N8O3.H2/c1-15(2)37-23-11-27-20(10-22(23)33-12-21(28-14-33)17-8-9-17)26(35)29-19-7-5-6-18-24(19)36-13-16(3)34-25(18)30-32(4)31-34;/h5-7,10-12,14-17,31H,8-9,13H2,1-4H3,(H,29,35);1H/t16-;/m1./s1. The third-order valence-electron chi connectivity index (χ3n) is 6.46. The van der Waals surface area contributed by atoms with Gasteiger partial charge in [0.1, 0.15) is 12.3 Å². The van der Waals surface area contributed by atoms with Crippen LogP contribution in [0.2, 0.25) is 0 Å². The molecule has 1 aromatic carbocycles. The first-order chi connectivity index (χ1) is 17.9. The number of hydrogen-bond donors (Lipinski definition) is 2. The van der Waals surface area contributed by atoms with Crippen LogP contribution >= 0.6 is 0 Å². The number of hydrazine groups is 2. The highest BCUT2D eigenvalue weighted by Crippen LogP contribution is 2.39. The molecule has 0 radical (unpaired) electrons. The van der Waals surface area contributed by atoms with Gasteiger partial charge in [0.25, 0.3) is 5.91 Å². The Morgan fingerprint density at radius 3 is 2.92 bits per heavy atom. The smallest absolute Gasteiger partial charge is 0.274 e. The van der Waals surface area contributed by atoms with E-state index < -0.39 is 0 Å². The van der Waals surface area contributed by atoms with Crippen molar-refractivity contribution in [2.75, 3.05) is 19.0 Å². The molecular formula is C26H32N8O3. The average Bonchev–Trinajstić information content (AvgIpc) is 3.50. The first-order valence-corrected chi connectivity index (χ1v) is 12.5. The van der Waals surface area contributed by atoms with Gasteiger partial charge in [-0.05, 0) is 51.8 Å². The Morgan fingerprint density at radius 2 is 2.14 bits per heavy atom. The number of aromatic nitrogens is 3. The van der Waals surface area contributed by atoms with Crippen LogP contribution in [0.5, 0.6) is 11.5 Å². The van der Waals surface area contributed by atoms with E-state index in [4.69, 9.17) is 9.47 Å². The molecule has 3 aliphatic rings. The van der Waals surface area contributed by atoms with Crippen molar-refractivity contribution in [3.05, 3.63) is 59.9 Å². The quantitative estimate of drug-likeness (QED) is 0.525. The number of carbonyl (C=O) groups excluding carboxylic acids is 1. The van der Waals surface area contributed by atoms with Crippen molar-refractivity contribution in [3.63, 3.8) is 0 Å². The van der Waals surface area contributed by atoms with Crippen LogP contribution in [-0.4, -0.2) is 62.2 Å². The fourth-order valence-electron chi connectivity index (χ4n) is 4.50. The lowest BCUT2D eigenvalue weighted by molar-refractivity contribution is 0.0943. The van der Waals surface area contributed by atoms with Crippen LogP contribution in [0.3, 0.4) is 0 Å². The van der Waals surface area contributed by atoms with Gasteiger partial charge in [0.15, 0.2) is 17.3 Å². The first-order valence-electron chi connectivity index (χ1n) is 12.5. The number of ether oxygens (including phenoxy) is 2. The van der Waals surface area contributed by atoms with E-state index >= 15 is 0 Å². The summed E-state index contributed by atoms with van der Waals surface area (Å²) in [7, 11) is 1.84. The Kier molecular flexibility index (Phi) is 5.71. The molecule has 0 spiro atoms. The van der Waals surface area contributed by atoms with Gasteiger partial charge in [0, 0.05) is 20.6 Å². The normalized spacial score (nSPS) is 18.6. The minimum atomic E-state index is -0.352. The Morgan fingerprint density at radius 1 is 1.30 bits per heavy atom. The van der Waals surface area contributed by atoms with Gasteiger partial charge in [0.05, 0.1) is 47.3 Å². The van der Waals surface area contributed by atoms with Crippen molar-refractivity contribution in [2.45, 2.75) is 51.7 Å². The molecule has 1 amide bonds. The lowest BCUT2D eigenvalue weighted by Crippen LogP contribution is -2.48. The minimum absolute atomic E-state index is 0. The lowest BCUT2D eigenvalue weighted by atomic mass is 10.1. The zero-order chi connectivity index (χ0) is 25.7. The van der Waals surface area contributed by atoms with Crippen molar-refractivity contribution >= 4 is 17.4 Å². The third-order valence-corrected chi connectivity index (χ3v) is 6.46. The summed E-state index contributed by atoms with van der Waals surface area (Å²) in [5.41, 5.74) is 6.57. The predicted molar refractivity (Wildman–Crippen MR) is 140 cm³/mol. The van der Waals surface area contributed by atoms with Crippen LogP contribution in [0.1, 0.15) is 62.7 Å². The van der Waals surface area contributed by atoms with E-state index in [9.17, 15) is 4.79 Å². The summed E-state index contributed by atoms with van der Waals surface area (Å²) in [5, 5.41) is 11.2. The van der Waals surface area contributed by atoms with Gasteiger partial charge < -0.3 is 19.4 Å². The first kappa shape index (κ1) is 23.3. The molecule has 6 rings (SSSR count). The van der Waals surface area contributed by atoms with E-state index in [-0.39, 0.29) is 25.2 Å². The van der Waals surface area contributed by atoms with Crippen LogP contribution in [0, 0.1) is 0 Å². The summed E-state index contributed by atoms with van der Waals surface area (Å²) in [6, 6.07) is 7.39. The van der Waals surface area contributed by atoms with Gasteiger partial charge in [-0.25, -0.2) is 15.1 Å². The largest absolute Gasteiger partial charge is 0.488 e. The van der Waals surface area contributed by atoms with Gasteiger partial charge in [-0.15, -0.1) is 10.6 Å². The van der Waals surface area contributed by atoms with Crippen LogP contribution in [0.25, 0.3) is 5.69 Å². The second-order valence-electron chi connectivity index (χ2n) is 9.90. The SMILES string of the molecule is CC(C)Oc1cnc(C(=O)Nc2cccc3c2OC[C@@H](C)N2NN(C)N=C32)cc1-n1cnc(C2CC2)c1.[HH]. The number of benzene rings is 1. The maximum absolute atomic E-state index is 13.4. The second kappa shape index (κ2) is 9.07. The molecule has 0 saturated heterocycles. The number of nitrogens with zero attached hydrogens (tertiary/aromatic N) is 6. The van der Waals surface area contributed by atoms with Crippen LogP contribution in [-0.2, 0) is 0 Å². The Hall–Kier alpha value is -4.12. The number of amidine groups is 1. The molecule has 4 heterocycles. The van der Waals surface area contributed by atoms with Gasteiger partial charge in [-0.1, -0.05) is 6.07 Å². The van der Waals surface area contributed by atoms with E-state index in [0.29, 0.717) is 29.7 Å². The molecule has 0 unspecified atom stereocenters. The Balaban J connectivity index is 0.00000294. The summed E-state index contributed by atoms with van der Waals surface area (Å²) >= 11 is 0. The number of anilines is 1. The number of amides is 1. The van der Waals surface area contributed by atoms with Crippen molar-refractivity contribution < 1.29 is 15.7 Å². The highest BCUT2D eigenvalue weighted by atomic mass is 16.5. The predicted octanol–water partition coefficient (Wildman–Crippen LogP) is 3.54. The highest BCUT2D eigenvalue weighted by molar-refractivity contribution is 6.07. The van der Waals surface area contributed by atoms with E-state index in [0.717, 1.165) is 35.6 Å². The van der Waals surface area contributed by atoms with Crippen molar-refractivity contribution in [1.82, 2.24) is 30.2 Å².